The molecule has 0 aliphatic carbocycles. The molecule has 66 valence electrons. The zero-order chi connectivity index (χ0) is 8.69. The fraction of sp³-hybridized carbons (Fsp3) is 1.00. The van der Waals surface area contributed by atoms with Crippen molar-refractivity contribution in [2.45, 2.75) is 45.6 Å². The summed E-state index contributed by atoms with van der Waals surface area (Å²) in [6, 6.07) is 0. The first kappa shape index (κ1) is 11.1. The Bertz CT molecular complexity index is 109. The van der Waals surface area contributed by atoms with Gasteiger partial charge >= 0.3 is 8.03 Å². The van der Waals surface area contributed by atoms with Crippen LogP contribution < -0.4 is 0 Å². The molecule has 2 nitrogen and oxygen atoms in total. The second-order valence-electron chi connectivity index (χ2n) is 2.74. The van der Waals surface area contributed by atoms with Gasteiger partial charge in [-0.25, -0.2) is 0 Å². The van der Waals surface area contributed by atoms with Crippen LogP contribution in [0.15, 0.2) is 0 Å². The molecule has 0 aliphatic rings. The Hall–Kier alpha value is 0.0600. The minimum Gasteiger partial charge on any atom is -0.143 e. The van der Waals surface area contributed by atoms with Crippen LogP contribution >= 0.6 is 8.03 Å². The lowest BCUT2D eigenvalue weighted by Crippen LogP contribution is -2.07. The monoisotopic (exact) mass is 177 g/mol. The topological polar surface area (TPSA) is 26.3 Å². The smallest absolute Gasteiger partial charge is 0.143 e. The highest BCUT2D eigenvalue weighted by atomic mass is 31.1. The van der Waals surface area contributed by atoms with Gasteiger partial charge in [-0.05, 0) is 17.4 Å². The normalized spacial score (nSPS) is 12.2. The molecule has 1 atom stereocenters. The van der Waals surface area contributed by atoms with Crippen LogP contribution in [0.1, 0.15) is 39.5 Å². The molecule has 0 amide bonds. The summed E-state index contributed by atoms with van der Waals surface area (Å²) in [5.41, 5.74) is 0. The van der Waals surface area contributed by atoms with Crippen molar-refractivity contribution >= 4 is 8.03 Å². The van der Waals surface area contributed by atoms with Crippen LogP contribution in [0.5, 0.6) is 0 Å². The zero-order valence-corrected chi connectivity index (χ0v) is 8.56. The van der Waals surface area contributed by atoms with Crippen molar-refractivity contribution in [2.24, 2.45) is 0 Å². The molecule has 0 rings (SSSR count). The third kappa shape index (κ3) is 6.46. The molecule has 0 aromatic rings. The molecule has 0 bridgehead atoms. The van der Waals surface area contributed by atoms with Crippen LogP contribution in [0, 0.1) is 0 Å². The van der Waals surface area contributed by atoms with Gasteiger partial charge in [0.15, 0.2) is 6.66 Å². The van der Waals surface area contributed by atoms with Gasteiger partial charge in [-0.15, -0.1) is 4.52 Å². The molecule has 11 heavy (non-hydrogen) atoms. The van der Waals surface area contributed by atoms with Crippen molar-refractivity contribution < 1.29 is 9.09 Å². The van der Waals surface area contributed by atoms with Gasteiger partial charge < -0.3 is 0 Å². The van der Waals surface area contributed by atoms with Crippen molar-refractivity contribution in [3.8, 4) is 0 Å². The minimum absolute atomic E-state index is 0.221. The Morgan fingerprint density at radius 3 is 2.00 bits per heavy atom. The summed E-state index contributed by atoms with van der Waals surface area (Å²) in [7, 11) is -1.41. The molecule has 0 radical (unpaired) electrons. The lowest BCUT2D eigenvalue weighted by molar-refractivity contribution is 0.192. The van der Waals surface area contributed by atoms with Gasteiger partial charge in [0.2, 0.25) is 0 Å². The predicted molar refractivity (Wildman–Crippen MR) is 48.2 cm³/mol. The van der Waals surface area contributed by atoms with E-state index in [-0.39, 0.29) is 6.10 Å². The van der Waals surface area contributed by atoms with E-state index in [1.54, 1.807) is 6.66 Å². The minimum atomic E-state index is -1.41. The highest BCUT2D eigenvalue weighted by Crippen LogP contribution is 2.23. The van der Waals surface area contributed by atoms with Gasteiger partial charge in [-0.1, -0.05) is 26.7 Å². The quantitative estimate of drug-likeness (QED) is 0.581. The second-order valence-corrected chi connectivity index (χ2v) is 3.83. The van der Waals surface area contributed by atoms with Gasteiger partial charge in [0.1, 0.15) is 6.10 Å². The molecule has 0 N–H and O–H groups in total. The first-order valence-corrected chi connectivity index (χ1v) is 5.90. The van der Waals surface area contributed by atoms with E-state index in [1.165, 1.54) is 0 Å². The Kier molecular flexibility index (Phi) is 6.79. The number of hydrogen-bond donors (Lipinski definition) is 0. The average molecular weight is 177 g/mol. The Balaban J connectivity index is 3.59. The third-order valence-electron chi connectivity index (χ3n) is 1.52. The van der Waals surface area contributed by atoms with Gasteiger partial charge in [0, 0.05) is 0 Å². The molecule has 3 heteroatoms. The largest absolute Gasteiger partial charge is 0.505 e. The summed E-state index contributed by atoms with van der Waals surface area (Å²) < 4.78 is 16.0. The van der Waals surface area contributed by atoms with E-state index in [4.69, 9.17) is 4.52 Å². The first-order valence-electron chi connectivity index (χ1n) is 4.28. The highest BCUT2D eigenvalue weighted by Gasteiger charge is 2.17. The average Bonchev–Trinajstić information content (AvgIpc) is 1.87. The third-order valence-corrected chi connectivity index (χ3v) is 2.11. The number of hydrogen-bond acceptors (Lipinski definition) is 2. The molecule has 0 heterocycles. The summed E-state index contributed by atoms with van der Waals surface area (Å²) in [6.07, 6.45) is 4.49. The van der Waals surface area contributed by atoms with Crippen LogP contribution in [-0.2, 0) is 9.09 Å². The molecule has 0 fully saturated rings. The Morgan fingerprint density at radius 1 is 1.27 bits per heavy atom. The fourth-order valence-electron chi connectivity index (χ4n) is 1.10. The number of rotatable bonds is 6. The van der Waals surface area contributed by atoms with Gasteiger partial charge in [-0.3, -0.25) is 0 Å². The van der Waals surface area contributed by atoms with Crippen molar-refractivity contribution in [3.63, 3.8) is 0 Å². The lowest BCUT2D eigenvalue weighted by Gasteiger charge is -2.06. The first-order chi connectivity index (χ1) is 5.20. The van der Waals surface area contributed by atoms with Crippen molar-refractivity contribution in [1.82, 2.24) is 0 Å². The molecule has 0 aliphatic heterocycles. The van der Waals surface area contributed by atoms with Crippen molar-refractivity contribution in [1.29, 1.82) is 0 Å². The molecule has 0 saturated heterocycles. The van der Waals surface area contributed by atoms with E-state index in [0.29, 0.717) is 0 Å². The van der Waals surface area contributed by atoms with Crippen LogP contribution in [0.4, 0.5) is 0 Å². The van der Waals surface area contributed by atoms with Gasteiger partial charge in [0.05, 0.1) is 0 Å². The van der Waals surface area contributed by atoms with E-state index < -0.39 is 8.03 Å². The maximum absolute atomic E-state index is 10.7. The molecule has 0 aromatic heterocycles. The summed E-state index contributed by atoms with van der Waals surface area (Å²) in [5.74, 6) is 0. The zero-order valence-electron chi connectivity index (χ0n) is 7.67. The second kappa shape index (κ2) is 6.75. The van der Waals surface area contributed by atoms with Gasteiger partial charge in [0.25, 0.3) is 0 Å². The molecular weight excluding hydrogens is 159 g/mol. The van der Waals surface area contributed by atoms with Crippen LogP contribution in [-0.4, -0.2) is 12.8 Å². The maximum atomic E-state index is 10.7. The summed E-state index contributed by atoms with van der Waals surface area (Å²) in [6.45, 7) is 5.86. The molecule has 1 unspecified atom stereocenters. The van der Waals surface area contributed by atoms with Crippen LogP contribution in [0.25, 0.3) is 0 Å². The van der Waals surface area contributed by atoms with E-state index in [1.807, 2.05) is 0 Å². The molecule has 0 saturated carbocycles. The van der Waals surface area contributed by atoms with E-state index in [2.05, 4.69) is 13.8 Å². The highest BCUT2D eigenvalue weighted by molar-refractivity contribution is 7.38. The van der Waals surface area contributed by atoms with Crippen molar-refractivity contribution in [2.75, 3.05) is 6.66 Å². The molecular formula is C8H18O2P+. The lowest BCUT2D eigenvalue weighted by atomic mass is 10.1. The van der Waals surface area contributed by atoms with E-state index in [0.717, 1.165) is 25.7 Å². The van der Waals surface area contributed by atoms with E-state index >= 15 is 0 Å². The maximum Gasteiger partial charge on any atom is 0.505 e. The van der Waals surface area contributed by atoms with Crippen molar-refractivity contribution in [3.05, 3.63) is 0 Å². The Labute approximate surface area is 70.2 Å². The molecule has 0 aromatic carbocycles. The van der Waals surface area contributed by atoms with Crippen LogP contribution in [0.2, 0.25) is 0 Å². The summed E-state index contributed by atoms with van der Waals surface area (Å²) >= 11 is 0. The Morgan fingerprint density at radius 2 is 1.73 bits per heavy atom. The SMILES string of the molecule is CCCC(CCC)O[P+](C)=O. The van der Waals surface area contributed by atoms with E-state index in [9.17, 15) is 4.57 Å². The summed E-state index contributed by atoms with van der Waals surface area (Å²) in [4.78, 5) is 0. The summed E-state index contributed by atoms with van der Waals surface area (Å²) in [5, 5.41) is 0. The fourth-order valence-corrected chi connectivity index (χ4v) is 1.73. The van der Waals surface area contributed by atoms with Crippen LogP contribution in [0.3, 0.4) is 0 Å². The standard InChI is InChI=1S/C8H18O2P/c1-4-6-8(7-5-2)10-11(3)9/h8H,4-7H2,1-3H3/q+1. The van der Waals surface area contributed by atoms with Gasteiger partial charge in [-0.2, -0.15) is 0 Å². The predicted octanol–water partition coefficient (Wildman–Crippen LogP) is 3.34. The molecule has 0 spiro atoms.